The molecule has 1 saturated carbocycles. The molecule has 0 heterocycles. The Bertz CT molecular complexity index is 297. The van der Waals surface area contributed by atoms with Crippen molar-refractivity contribution in [2.24, 2.45) is 11.8 Å². The zero-order valence-corrected chi connectivity index (χ0v) is 13.2. The molecule has 1 aliphatic carbocycles. The maximum Gasteiger partial charge on any atom is 0.392 e. The van der Waals surface area contributed by atoms with Gasteiger partial charge in [0.2, 0.25) is 5.91 Å². The number of halogens is 4. The lowest BCUT2D eigenvalue weighted by Gasteiger charge is -2.32. The number of carbonyl (C=O) groups excluding carboxylic acids is 1. The van der Waals surface area contributed by atoms with Gasteiger partial charge in [0.05, 0.1) is 5.92 Å². The Morgan fingerprint density at radius 1 is 1.10 bits per heavy atom. The van der Waals surface area contributed by atoms with Crippen molar-refractivity contribution in [1.29, 1.82) is 0 Å². The summed E-state index contributed by atoms with van der Waals surface area (Å²) in [5.74, 6) is -2.75. The Kier molecular flexibility index (Phi) is 7.92. The summed E-state index contributed by atoms with van der Waals surface area (Å²) >= 11 is 3.34. The van der Waals surface area contributed by atoms with Crippen LogP contribution in [0.4, 0.5) is 13.2 Å². The minimum atomic E-state index is -4.25. The number of nitrogens with one attached hydrogen (secondary N) is 1. The molecule has 1 fully saturated rings. The van der Waals surface area contributed by atoms with Crippen molar-refractivity contribution >= 4 is 21.8 Å². The van der Waals surface area contributed by atoms with Crippen molar-refractivity contribution in [3.8, 4) is 0 Å². The largest absolute Gasteiger partial charge is 0.392 e. The lowest BCUT2D eigenvalue weighted by Crippen LogP contribution is -2.42. The molecule has 0 aliphatic heterocycles. The predicted molar refractivity (Wildman–Crippen MR) is 76.8 cm³/mol. The molecule has 118 valence electrons. The Morgan fingerprint density at radius 3 is 2.40 bits per heavy atom. The molecule has 1 aliphatic rings. The second kappa shape index (κ2) is 8.90. The van der Waals surface area contributed by atoms with E-state index >= 15 is 0 Å². The summed E-state index contributed by atoms with van der Waals surface area (Å²) in [4.78, 5) is 11.9. The molecule has 0 saturated heterocycles. The Labute approximate surface area is 127 Å². The van der Waals surface area contributed by atoms with Gasteiger partial charge in [-0.2, -0.15) is 13.2 Å². The van der Waals surface area contributed by atoms with Gasteiger partial charge in [0.1, 0.15) is 0 Å². The second-order valence-corrected chi connectivity index (χ2v) is 6.23. The first-order valence-electron chi connectivity index (χ1n) is 7.37. The highest BCUT2D eigenvalue weighted by molar-refractivity contribution is 9.09. The zero-order chi connectivity index (χ0) is 15.0. The molecule has 20 heavy (non-hydrogen) atoms. The third kappa shape index (κ3) is 6.02. The van der Waals surface area contributed by atoms with Gasteiger partial charge in [0.25, 0.3) is 0 Å². The molecule has 2 nitrogen and oxygen atoms in total. The smallest absolute Gasteiger partial charge is 0.356 e. The Hall–Kier alpha value is -0.260. The van der Waals surface area contributed by atoms with E-state index < -0.39 is 23.9 Å². The molecular formula is C14H23BrF3NO. The first-order valence-corrected chi connectivity index (χ1v) is 8.49. The van der Waals surface area contributed by atoms with E-state index in [1.54, 1.807) is 0 Å². The molecule has 1 amide bonds. The summed E-state index contributed by atoms with van der Waals surface area (Å²) < 4.78 is 38.7. The topological polar surface area (TPSA) is 29.1 Å². The molecular weight excluding hydrogens is 335 g/mol. The summed E-state index contributed by atoms with van der Waals surface area (Å²) in [6.07, 6.45) is 1.49. The Morgan fingerprint density at radius 2 is 1.75 bits per heavy atom. The summed E-state index contributed by atoms with van der Waals surface area (Å²) in [5, 5.41) is 3.65. The molecule has 6 heteroatoms. The summed E-state index contributed by atoms with van der Waals surface area (Å²) in [7, 11) is 0. The minimum absolute atomic E-state index is 0.0901. The predicted octanol–water partition coefficient (Wildman–Crippen LogP) is 4.43. The van der Waals surface area contributed by atoms with Gasteiger partial charge in [0.15, 0.2) is 0 Å². The maximum absolute atomic E-state index is 12.9. The first kappa shape index (κ1) is 17.8. The van der Waals surface area contributed by atoms with Gasteiger partial charge in [-0.3, -0.25) is 4.79 Å². The van der Waals surface area contributed by atoms with E-state index in [0.29, 0.717) is 19.4 Å². The van der Waals surface area contributed by atoms with Gasteiger partial charge >= 0.3 is 6.18 Å². The van der Waals surface area contributed by atoms with Crippen LogP contribution in [0.1, 0.15) is 51.4 Å². The highest BCUT2D eigenvalue weighted by atomic mass is 79.9. The van der Waals surface area contributed by atoms with Gasteiger partial charge in [-0.25, -0.2) is 0 Å². The van der Waals surface area contributed by atoms with Crippen LogP contribution in [0, 0.1) is 11.8 Å². The molecule has 2 atom stereocenters. The third-order valence-corrected chi connectivity index (χ3v) is 4.44. The van der Waals surface area contributed by atoms with E-state index in [0.717, 1.165) is 37.4 Å². The average Bonchev–Trinajstić information content (AvgIpc) is 2.41. The molecule has 1 rings (SSSR count). The van der Waals surface area contributed by atoms with Crippen LogP contribution in [0.2, 0.25) is 0 Å². The molecule has 0 bridgehead atoms. The van der Waals surface area contributed by atoms with E-state index in [4.69, 9.17) is 0 Å². The third-order valence-electron chi connectivity index (χ3n) is 3.88. The SMILES string of the molecule is O=C(NCCCCCCBr)C1CCCCC1C(F)(F)F. The van der Waals surface area contributed by atoms with Crippen LogP contribution in [0.25, 0.3) is 0 Å². The molecule has 0 aromatic heterocycles. The quantitative estimate of drug-likeness (QED) is 0.530. The van der Waals surface area contributed by atoms with Gasteiger partial charge in [-0.15, -0.1) is 0 Å². The van der Waals surface area contributed by atoms with Gasteiger partial charge in [0, 0.05) is 17.8 Å². The number of alkyl halides is 4. The van der Waals surface area contributed by atoms with E-state index in [1.807, 2.05) is 0 Å². The average molecular weight is 358 g/mol. The highest BCUT2D eigenvalue weighted by Gasteiger charge is 2.47. The number of carbonyl (C=O) groups is 1. The van der Waals surface area contributed by atoms with Gasteiger partial charge in [-0.1, -0.05) is 41.6 Å². The second-order valence-electron chi connectivity index (χ2n) is 5.43. The number of unbranched alkanes of at least 4 members (excludes halogenated alkanes) is 3. The fraction of sp³-hybridized carbons (Fsp3) is 0.929. The van der Waals surface area contributed by atoms with Crippen LogP contribution < -0.4 is 5.32 Å². The van der Waals surface area contributed by atoms with Crippen molar-refractivity contribution < 1.29 is 18.0 Å². The zero-order valence-electron chi connectivity index (χ0n) is 11.6. The number of rotatable bonds is 7. The van der Waals surface area contributed by atoms with E-state index in [-0.39, 0.29) is 6.42 Å². The van der Waals surface area contributed by atoms with Crippen molar-refractivity contribution in [3.63, 3.8) is 0 Å². The summed E-state index contributed by atoms with van der Waals surface area (Å²) in [6.45, 7) is 0.488. The minimum Gasteiger partial charge on any atom is -0.356 e. The van der Waals surface area contributed by atoms with Crippen LogP contribution in [-0.4, -0.2) is 24.0 Å². The van der Waals surface area contributed by atoms with Crippen LogP contribution in [0.3, 0.4) is 0 Å². The van der Waals surface area contributed by atoms with Crippen LogP contribution in [0.5, 0.6) is 0 Å². The van der Waals surface area contributed by atoms with Gasteiger partial charge < -0.3 is 5.32 Å². The normalized spacial score (nSPS) is 23.6. The standard InChI is InChI=1S/C14H23BrF3NO/c15-9-5-1-2-6-10-19-13(20)11-7-3-4-8-12(11)14(16,17)18/h11-12H,1-10H2,(H,19,20). The van der Waals surface area contributed by atoms with E-state index in [1.165, 1.54) is 0 Å². The fourth-order valence-corrected chi connectivity index (χ4v) is 3.15. The van der Waals surface area contributed by atoms with Crippen molar-refractivity contribution in [2.45, 2.75) is 57.5 Å². The molecule has 0 aromatic carbocycles. The van der Waals surface area contributed by atoms with Crippen LogP contribution >= 0.6 is 15.9 Å². The van der Waals surface area contributed by atoms with Gasteiger partial charge in [-0.05, 0) is 25.7 Å². The highest BCUT2D eigenvalue weighted by Crippen LogP contribution is 2.41. The lowest BCUT2D eigenvalue weighted by atomic mass is 9.78. The number of amides is 1. The summed E-state index contributed by atoms with van der Waals surface area (Å²) in [5.41, 5.74) is 0. The molecule has 1 N–H and O–H groups in total. The molecule has 2 unspecified atom stereocenters. The van der Waals surface area contributed by atoms with E-state index in [9.17, 15) is 18.0 Å². The fourth-order valence-electron chi connectivity index (χ4n) is 2.75. The van der Waals surface area contributed by atoms with Crippen LogP contribution in [-0.2, 0) is 4.79 Å². The Balaban J connectivity index is 2.33. The number of hydrogen-bond acceptors (Lipinski definition) is 1. The monoisotopic (exact) mass is 357 g/mol. The number of hydrogen-bond donors (Lipinski definition) is 1. The van der Waals surface area contributed by atoms with E-state index in [2.05, 4.69) is 21.2 Å². The lowest BCUT2D eigenvalue weighted by molar-refractivity contribution is -0.198. The maximum atomic E-state index is 12.9. The molecule has 0 spiro atoms. The van der Waals surface area contributed by atoms with Crippen molar-refractivity contribution in [1.82, 2.24) is 5.32 Å². The molecule has 0 radical (unpaired) electrons. The first-order chi connectivity index (χ1) is 9.46. The van der Waals surface area contributed by atoms with Crippen LogP contribution in [0.15, 0.2) is 0 Å². The van der Waals surface area contributed by atoms with Crippen molar-refractivity contribution in [3.05, 3.63) is 0 Å². The summed E-state index contributed by atoms with van der Waals surface area (Å²) in [6, 6.07) is 0. The van der Waals surface area contributed by atoms with Crippen molar-refractivity contribution in [2.75, 3.05) is 11.9 Å². The molecule has 0 aromatic rings.